The zero-order valence-corrected chi connectivity index (χ0v) is 14.4. The molecule has 2 fully saturated rings. The maximum atomic E-state index is 9.68. The fraction of sp³-hybridized carbons (Fsp3) is 0.950. The summed E-state index contributed by atoms with van der Waals surface area (Å²) >= 11 is 0. The van der Waals surface area contributed by atoms with E-state index in [4.69, 9.17) is 0 Å². The fourth-order valence-corrected chi connectivity index (χ4v) is 5.12. The van der Waals surface area contributed by atoms with Gasteiger partial charge in [0, 0.05) is 0 Å². The molecule has 21 heavy (non-hydrogen) atoms. The van der Waals surface area contributed by atoms with Crippen molar-refractivity contribution in [3.05, 3.63) is 0 Å². The van der Waals surface area contributed by atoms with E-state index in [0.717, 1.165) is 24.2 Å². The van der Waals surface area contributed by atoms with E-state index in [0.29, 0.717) is 0 Å². The molecule has 0 radical (unpaired) electrons. The van der Waals surface area contributed by atoms with Gasteiger partial charge in [-0.3, -0.25) is 0 Å². The number of nitriles is 1. The molecule has 2 saturated carbocycles. The predicted octanol–water partition coefficient (Wildman–Crippen LogP) is 6.48. The first-order chi connectivity index (χ1) is 10.2. The summed E-state index contributed by atoms with van der Waals surface area (Å²) in [6, 6.07) is 2.72. The molecule has 2 atom stereocenters. The van der Waals surface area contributed by atoms with Crippen LogP contribution in [-0.4, -0.2) is 0 Å². The molecule has 120 valence electrons. The SMILES string of the molecule is CCCC[C@H]1CC[C@H](C2CCCC(C#N)(CCC)C2)CC1. The molecule has 0 bridgehead atoms. The molecule has 0 aromatic heterocycles. The number of unbranched alkanes of at least 4 members (excludes halogenated alkanes) is 1. The Kier molecular flexibility index (Phi) is 6.59. The molecular formula is C20H35N. The van der Waals surface area contributed by atoms with Gasteiger partial charge in [0.05, 0.1) is 11.5 Å². The Balaban J connectivity index is 1.84. The highest BCUT2D eigenvalue weighted by atomic mass is 14.5. The van der Waals surface area contributed by atoms with Gasteiger partial charge in [0.2, 0.25) is 0 Å². The van der Waals surface area contributed by atoms with Crippen LogP contribution in [0.4, 0.5) is 0 Å². The van der Waals surface area contributed by atoms with Crippen molar-refractivity contribution in [2.24, 2.45) is 23.2 Å². The predicted molar refractivity (Wildman–Crippen MR) is 89.9 cm³/mol. The zero-order valence-electron chi connectivity index (χ0n) is 14.4. The van der Waals surface area contributed by atoms with E-state index in [1.54, 1.807) is 0 Å². The summed E-state index contributed by atoms with van der Waals surface area (Å²) in [6.45, 7) is 4.55. The third kappa shape index (κ3) is 4.48. The van der Waals surface area contributed by atoms with E-state index in [1.807, 2.05) is 0 Å². The standard InChI is InChI=1S/C20H35N/c1-3-5-7-17-9-11-18(12-10-17)19-8-6-14-20(15-19,16-21)13-4-2/h17-19H,3-15H2,1-2H3/t17-,18-,19?,20?. The number of nitrogens with zero attached hydrogens (tertiary/aromatic N) is 1. The minimum absolute atomic E-state index is 0.0384. The second-order valence-corrected chi connectivity index (χ2v) is 7.92. The Morgan fingerprint density at radius 1 is 1.00 bits per heavy atom. The summed E-state index contributed by atoms with van der Waals surface area (Å²) in [6.07, 6.45) is 17.5. The van der Waals surface area contributed by atoms with Crippen LogP contribution < -0.4 is 0 Å². The topological polar surface area (TPSA) is 23.8 Å². The van der Waals surface area contributed by atoms with Gasteiger partial charge < -0.3 is 0 Å². The molecular weight excluding hydrogens is 254 g/mol. The lowest BCUT2D eigenvalue weighted by atomic mass is 9.62. The summed E-state index contributed by atoms with van der Waals surface area (Å²) in [4.78, 5) is 0. The lowest BCUT2D eigenvalue weighted by molar-refractivity contribution is 0.103. The summed E-state index contributed by atoms with van der Waals surface area (Å²) in [5.74, 6) is 2.81. The first kappa shape index (κ1) is 16.9. The second-order valence-electron chi connectivity index (χ2n) is 7.92. The molecule has 0 saturated heterocycles. The minimum atomic E-state index is 0.0384. The molecule has 0 spiro atoms. The molecule has 0 aromatic carbocycles. The summed E-state index contributed by atoms with van der Waals surface area (Å²) < 4.78 is 0. The van der Waals surface area contributed by atoms with Crippen LogP contribution in [0.2, 0.25) is 0 Å². The van der Waals surface area contributed by atoms with Crippen LogP contribution in [0.1, 0.15) is 97.3 Å². The highest BCUT2D eigenvalue weighted by molar-refractivity contribution is 5.02. The van der Waals surface area contributed by atoms with E-state index in [1.165, 1.54) is 77.0 Å². The molecule has 2 aliphatic rings. The van der Waals surface area contributed by atoms with E-state index >= 15 is 0 Å². The van der Waals surface area contributed by atoms with Gasteiger partial charge in [-0.1, -0.05) is 65.2 Å². The lowest BCUT2D eigenvalue weighted by Crippen LogP contribution is -2.32. The third-order valence-electron chi connectivity index (χ3n) is 6.37. The van der Waals surface area contributed by atoms with Crippen LogP contribution in [-0.2, 0) is 0 Å². The van der Waals surface area contributed by atoms with Gasteiger partial charge in [0.25, 0.3) is 0 Å². The average Bonchev–Trinajstić information content (AvgIpc) is 2.54. The van der Waals surface area contributed by atoms with Crippen molar-refractivity contribution in [2.75, 3.05) is 0 Å². The number of hydrogen-bond donors (Lipinski definition) is 0. The van der Waals surface area contributed by atoms with Crippen LogP contribution in [0.3, 0.4) is 0 Å². The fourth-order valence-electron chi connectivity index (χ4n) is 5.12. The Bertz CT molecular complexity index is 330. The highest BCUT2D eigenvalue weighted by Gasteiger charge is 2.39. The molecule has 2 rings (SSSR count). The number of rotatable bonds is 6. The van der Waals surface area contributed by atoms with Crippen LogP contribution in [0.25, 0.3) is 0 Å². The van der Waals surface area contributed by atoms with Gasteiger partial charge in [-0.05, 0) is 49.9 Å². The Morgan fingerprint density at radius 3 is 2.38 bits per heavy atom. The normalized spacial score (nSPS) is 37.1. The van der Waals surface area contributed by atoms with Gasteiger partial charge >= 0.3 is 0 Å². The van der Waals surface area contributed by atoms with Crippen molar-refractivity contribution in [1.82, 2.24) is 0 Å². The van der Waals surface area contributed by atoms with E-state index in [2.05, 4.69) is 19.9 Å². The largest absolute Gasteiger partial charge is 0.198 e. The average molecular weight is 290 g/mol. The monoisotopic (exact) mass is 289 g/mol. The van der Waals surface area contributed by atoms with Crippen molar-refractivity contribution >= 4 is 0 Å². The van der Waals surface area contributed by atoms with Crippen molar-refractivity contribution in [3.8, 4) is 6.07 Å². The highest BCUT2D eigenvalue weighted by Crippen LogP contribution is 2.48. The molecule has 0 N–H and O–H groups in total. The second kappa shape index (κ2) is 8.21. The first-order valence-corrected chi connectivity index (χ1v) is 9.64. The van der Waals surface area contributed by atoms with E-state index in [-0.39, 0.29) is 5.41 Å². The summed E-state index contributed by atoms with van der Waals surface area (Å²) in [7, 11) is 0. The first-order valence-electron chi connectivity index (χ1n) is 9.64. The van der Waals surface area contributed by atoms with Gasteiger partial charge in [-0.15, -0.1) is 0 Å². The van der Waals surface area contributed by atoms with E-state index in [9.17, 15) is 5.26 Å². The number of hydrogen-bond acceptors (Lipinski definition) is 1. The molecule has 0 aliphatic heterocycles. The summed E-state index contributed by atoms with van der Waals surface area (Å²) in [5, 5.41) is 9.68. The third-order valence-corrected chi connectivity index (χ3v) is 6.37. The van der Waals surface area contributed by atoms with Gasteiger partial charge in [0.15, 0.2) is 0 Å². The van der Waals surface area contributed by atoms with Crippen LogP contribution in [0.15, 0.2) is 0 Å². The van der Waals surface area contributed by atoms with Crippen molar-refractivity contribution in [2.45, 2.75) is 97.3 Å². The molecule has 2 aliphatic carbocycles. The lowest BCUT2D eigenvalue weighted by Gasteiger charge is -2.41. The molecule has 0 aromatic rings. The molecule has 0 amide bonds. The van der Waals surface area contributed by atoms with Crippen molar-refractivity contribution < 1.29 is 0 Å². The smallest absolute Gasteiger partial charge is 0.0689 e. The Hall–Kier alpha value is -0.510. The van der Waals surface area contributed by atoms with Gasteiger partial charge in [-0.2, -0.15) is 5.26 Å². The molecule has 1 nitrogen and oxygen atoms in total. The molecule has 2 unspecified atom stereocenters. The summed E-state index contributed by atoms with van der Waals surface area (Å²) in [5.41, 5.74) is 0.0384. The maximum absolute atomic E-state index is 9.68. The minimum Gasteiger partial charge on any atom is -0.198 e. The van der Waals surface area contributed by atoms with Crippen LogP contribution in [0, 0.1) is 34.5 Å². The Labute approximate surface area is 132 Å². The van der Waals surface area contributed by atoms with Crippen molar-refractivity contribution in [3.63, 3.8) is 0 Å². The van der Waals surface area contributed by atoms with Crippen molar-refractivity contribution in [1.29, 1.82) is 5.26 Å². The van der Waals surface area contributed by atoms with Crippen LogP contribution in [0.5, 0.6) is 0 Å². The quantitative estimate of drug-likeness (QED) is 0.548. The Morgan fingerprint density at radius 2 is 1.76 bits per heavy atom. The molecule has 0 heterocycles. The van der Waals surface area contributed by atoms with Gasteiger partial charge in [0.1, 0.15) is 0 Å². The van der Waals surface area contributed by atoms with Crippen LogP contribution >= 0.6 is 0 Å². The van der Waals surface area contributed by atoms with E-state index < -0.39 is 0 Å². The molecule has 1 heteroatoms. The maximum Gasteiger partial charge on any atom is 0.0689 e. The zero-order chi connectivity index (χ0) is 15.1. The van der Waals surface area contributed by atoms with Gasteiger partial charge in [-0.25, -0.2) is 0 Å².